The Morgan fingerprint density at radius 2 is 1.79 bits per heavy atom. The first kappa shape index (κ1) is 20.2. The van der Waals surface area contributed by atoms with E-state index < -0.39 is 0 Å². The first-order chi connectivity index (χ1) is 13.2. The monoisotopic (exact) mass is 391 g/mol. The Bertz CT molecular complexity index is 938. The van der Waals surface area contributed by atoms with E-state index in [9.17, 15) is 0 Å². The zero-order valence-corrected chi connectivity index (χ0v) is 19.0. The van der Waals surface area contributed by atoms with Crippen LogP contribution in [0.15, 0.2) is 47.5 Å². The van der Waals surface area contributed by atoms with Crippen LogP contribution in [-0.4, -0.2) is 18.2 Å². The summed E-state index contributed by atoms with van der Waals surface area (Å²) in [5.41, 5.74) is 4.47. The lowest BCUT2D eigenvalue weighted by Crippen LogP contribution is -2.52. The summed E-state index contributed by atoms with van der Waals surface area (Å²) >= 11 is 0. The van der Waals surface area contributed by atoms with E-state index in [4.69, 9.17) is 4.65 Å². The van der Waals surface area contributed by atoms with Crippen molar-refractivity contribution in [3.8, 4) is 0 Å². The minimum absolute atomic E-state index is 0.0309. The van der Waals surface area contributed by atoms with E-state index in [1.807, 2.05) is 0 Å². The fourth-order valence-electron chi connectivity index (χ4n) is 4.72. The van der Waals surface area contributed by atoms with E-state index in [2.05, 4.69) is 86.9 Å². The van der Waals surface area contributed by atoms with Crippen molar-refractivity contribution < 1.29 is 4.65 Å². The lowest BCUT2D eigenvalue weighted by Gasteiger charge is -2.47. The SMILES string of the molecule is CC(C)(P)C(C)(O[B]C1=CC=C(C2=c3ccccc3=CCC2)CC1)C1(C)CC1. The molecule has 0 N–H and O–H groups in total. The molecule has 0 spiro atoms. The summed E-state index contributed by atoms with van der Waals surface area (Å²) in [6.45, 7) is 9.21. The van der Waals surface area contributed by atoms with Gasteiger partial charge in [-0.1, -0.05) is 68.7 Å². The van der Waals surface area contributed by atoms with Crippen molar-refractivity contribution >= 4 is 28.4 Å². The molecule has 1 aromatic carbocycles. The molecule has 147 valence electrons. The summed E-state index contributed by atoms with van der Waals surface area (Å²) in [5, 5.41) is 2.85. The summed E-state index contributed by atoms with van der Waals surface area (Å²) in [6.07, 6.45) is 14.0. The molecule has 2 unspecified atom stereocenters. The number of fused-ring (bicyclic) bond motifs is 1. The van der Waals surface area contributed by atoms with Gasteiger partial charge in [-0.2, -0.15) is 0 Å². The first-order valence-electron chi connectivity index (χ1n) is 10.7. The van der Waals surface area contributed by atoms with Crippen molar-refractivity contribution in [2.24, 2.45) is 5.41 Å². The van der Waals surface area contributed by atoms with Crippen LogP contribution < -0.4 is 10.4 Å². The van der Waals surface area contributed by atoms with Gasteiger partial charge in [-0.05, 0) is 72.4 Å². The molecule has 1 radical (unpaired) electrons. The van der Waals surface area contributed by atoms with Gasteiger partial charge in [-0.3, -0.25) is 0 Å². The van der Waals surface area contributed by atoms with E-state index in [-0.39, 0.29) is 16.2 Å². The Morgan fingerprint density at radius 1 is 1.04 bits per heavy atom. The highest BCUT2D eigenvalue weighted by molar-refractivity contribution is 7.19. The van der Waals surface area contributed by atoms with Gasteiger partial charge in [-0.15, -0.1) is 9.24 Å². The standard InChI is InChI=1S/C25H33BOP/c1-23(2,28)25(4,24(3)16-17-24)27-26-20-14-12-19(13-15-20)22-11-7-9-18-8-5-6-10-21(18)22/h5-6,8-10,12,14H,7,11,13,15-17,28H2,1-4H3. The fraction of sp³-hybridized carbons (Fsp3) is 0.520. The number of hydrogen-bond donors (Lipinski definition) is 0. The lowest BCUT2D eigenvalue weighted by molar-refractivity contribution is -0.00542. The maximum atomic E-state index is 6.54. The highest BCUT2D eigenvalue weighted by atomic mass is 31.0. The molecule has 28 heavy (non-hydrogen) atoms. The van der Waals surface area contributed by atoms with Crippen molar-refractivity contribution in [3.05, 3.63) is 57.9 Å². The van der Waals surface area contributed by atoms with E-state index in [0.717, 1.165) is 25.7 Å². The number of benzene rings is 1. The molecule has 0 bridgehead atoms. The molecule has 0 heterocycles. The second-order valence-corrected chi connectivity index (χ2v) is 11.2. The molecule has 0 amide bonds. The zero-order chi connectivity index (χ0) is 20.0. The summed E-state index contributed by atoms with van der Waals surface area (Å²) in [6, 6.07) is 8.82. The molecule has 3 aliphatic carbocycles. The van der Waals surface area contributed by atoms with Gasteiger partial charge in [0.25, 0.3) is 0 Å². The van der Waals surface area contributed by atoms with Gasteiger partial charge in [-0.25, -0.2) is 0 Å². The van der Waals surface area contributed by atoms with Crippen LogP contribution >= 0.6 is 9.24 Å². The molecule has 1 nitrogen and oxygen atoms in total. The molecule has 1 fully saturated rings. The van der Waals surface area contributed by atoms with Crippen LogP contribution in [0.25, 0.3) is 11.6 Å². The summed E-state index contributed by atoms with van der Waals surface area (Å²) in [5.74, 6) is 0. The van der Waals surface area contributed by atoms with Crippen LogP contribution in [0.5, 0.6) is 0 Å². The quantitative estimate of drug-likeness (QED) is 0.497. The Kier molecular flexibility index (Phi) is 5.26. The predicted octanol–water partition coefficient (Wildman–Crippen LogP) is 4.86. The maximum absolute atomic E-state index is 6.54. The van der Waals surface area contributed by atoms with Gasteiger partial charge in [0.2, 0.25) is 0 Å². The maximum Gasteiger partial charge on any atom is 0.326 e. The Morgan fingerprint density at radius 3 is 2.43 bits per heavy atom. The second-order valence-electron chi connectivity index (χ2n) is 9.79. The highest BCUT2D eigenvalue weighted by Gasteiger charge is 2.59. The average molecular weight is 391 g/mol. The van der Waals surface area contributed by atoms with Crippen molar-refractivity contribution in [1.29, 1.82) is 0 Å². The molecular weight excluding hydrogens is 358 g/mol. The van der Waals surface area contributed by atoms with E-state index in [1.54, 1.807) is 0 Å². The highest BCUT2D eigenvalue weighted by Crippen LogP contribution is 2.60. The van der Waals surface area contributed by atoms with Gasteiger partial charge in [0, 0.05) is 5.16 Å². The van der Waals surface area contributed by atoms with Crippen molar-refractivity contribution in [3.63, 3.8) is 0 Å². The average Bonchev–Trinajstić information content (AvgIpc) is 3.44. The Hall–Kier alpha value is -1.11. The minimum Gasteiger partial charge on any atom is -0.428 e. The molecule has 2 atom stereocenters. The van der Waals surface area contributed by atoms with Gasteiger partial charge >= 0.3 is 7.48 Å². The largest absolute Gasteiger partial charge is 0.428 e. The summed E-state index contributed by atoms with van der Waals surface area (Å²) in [7, 11) is 5.07. The van der Waals surface area contributed by atoms with Crippen LogP contribution in [0.1, 0.15) is 66.2 Å². The smallest absolute Gasteiger partial charge is 0.326 e. The third-order valence-electron chi connectivity index (χ3n) is 7.44. The lowest BCUT2D eigenvalue weighted by atomic mass is 9.72. The molecule has 3 heteroatoms. The van der Waals surface area contributed by atoms with Crippen LogP contribution in [0.4, 0.5) is 0 Å². The Labute approximate surface area is 173 Å². The van der Waals surface area contributed by atoms with E-state index in [0.29, 0.717) is 0 Å². The van der Waals surface area contributed by atoms with E-state index >= 15 is 0 Å². The molecule has 1 aromatic rings. The molecule has 1 saturated carbocycles. The fourth-order valence-corrected chi connectivity index (χ4v) is 5.14. The van der Waals surface area contributed by atoms with Gasteiger partial charge in [0.05, 0.1) is 5.60 Å². The number of hydrogen-bond acceptors (Lipinski definition) is 1. The number of rotatable bonds is 6. The van der Waals surface area contributed by atoms with Gasteiger partial charge in [0.1, 0.15) is 0 Å². The van der Waals surface area contributed by atoms with Gasteiger partial charge in [0.15, 0.2) is 0 Å². The molecule has 4 rings (SSSR count). The summed E-state index contributed by atoms with van der Waals surface area (Å²) in [4.78, 5) is 0. The first-order valence-corrected chi connectivity index (χ1v) is 11.3. The van der Waals surface area contributed by atoms with Crippen LogP contribution in [0.3, 0.4) is 0 Å². The third-order valence-corrected chi connectivity index (χ3v) is 7.99. The van der Waals surface area contributed by atoms with Crippen LogP contribution in [0.2, 0.25) is 0 Å². The predicted molar refractivity (Wildman–Crippen MR) is 125 cm³/mol. The minimum atomic E-state index is -0.164. The molecule has 0 aliphatic heterocycles. The second kappa shape index (κ2) is 7.30. The molecule has 0 aromatic heterocycles. The molecule has 0 saturated heterocycles. The normalized spacial score (nSPS) is 23.0. The summed E-state index contributed by atoms with van der Waals surface area (Å²) < 4.78 is 6.54. The van der Waals surface area contributed by atoms with Crippen molar-refractivity contribution in [2.45, 2.75) is 77.0 Å². The van der Waals surface area contributed by atoms with Crippen molar-refractivity contribution in [1.82, 2.24) is 0 Å². The molecule has 3 aliphatic rings. The number of allylic oxidation sites excluding steroid dienone is 4. The van der Waals surface area contributed by atoms with Crippen molar-refractivity contribution in [2.75, 3.05) is 0 Å². The third kappa shape index (κ3) is 3.59. The topological polar surface area (TPSA) is 9.23 Å². The van der Waals surface area contributed by atoms with Crippen LogP contribution in [-0.2, 0) is 4.65 Å². The van der Waals surface area contributed by atoms with Gasteiger partial charge < -0.3 is 4.65 Å². The van der Waals surface area contributed by atoms with Crippen LogP contribution in [0, 0.1) is 5.41 Å². The zero-order valence-electron chi connectivity index (χ0n) is 17.8. The van der Waals surface area contributed by atoms with E-state index in [1.165, 1.54) is 39.9 Å². The molecular formula is C25H33BOP. The Balaban J connectivity index is 1.53.